The molecule has 8 heteroatoms. The quantitative estimate of drug-likeness (QED) is 0.225. The topological polar surface area (TPSA) is 109 Å². The maximum absolute atomic E-state index is 12.1. The number of hydrogen-bond acceptors (Lipinski definition) is 6. The van der Waals surface area contributed by atoms with E-state index >= 15 is 0 Å². The molecular weight excluding hydrogens is 384 g/mol. The summed E-state index contributed by atoms with van der Waals surface area (Å²) >= 11 is 5.68. The molecule has 6 nitrogen and oxygen atoms in total. The Bertz CT molecular complexity index is 449. The molecule has 27 heavy (non-hydrogen) atoms. The van der Waals surface area contributed by atoms with Crippen LogP contribution in [0.1, 0.15) is 71.6 Å². The highest BCUT2D eigenvalue weighted by atomic mass is 32.2. The normalized spacial score (nSPS) is 14.4. The molecule has 0 fully saturated rings. The third-order valence-corrected chi connectivity index (χ3v) is 6.21. The molecule has 0 rings (SSSR count). The summed E-state index contributed by atoms with van der Waals surface area (Å²) in [7, 11) is 0. The minimum atomic E-state index is -1.01. The fraction of sp³-hybridized carbons (Fsp3) is 0.842. The third kappa shape index (κ3) is 13.1. The molecule has 158 valence electrons. The molecule has 4 N–H and O–H groups in total. The molecule has 0 aromatic carbocycles. The average Bonchev–Trinajstić information content (AvgIpc) is 2.63. The molecule has 0 aliphatic rings. The van der Waals surface area contributed by atoms with Gasteiger partial charge in [-0.05, 0) is 57.2 Å². The Morgan fingerprint density at radius 3 is 2.33 bits per heavy atom. The number of rotatable bonds is 16. The van der Waals surface area contributed by atoms with Crippen LogP contribution in [0.15, 0.2) is 0 Å². The van der Waals surface area contributed by atoms with E-state index in [2.05, 4.69) is 17.9 Å². The Labute approximate surface area is 173 Å². The van der Waals surface area contributed by atoms with Crippen molar-refractivity contribution in [1.82, 2.24) is 5.32 Å². The van der Waals surface area contributed by atoms with Crippen LogP contribution in [-0.4, -0.2) is 45.7 Å². The summed E-state index contributed by atoms with van der Waals surface area (Å²) in [6.45, 7) is 4.48. The van der Waals surface area contributed by atoms with Crippen molar-refractivity contribution in [2.75, 3.05) is 12.3 Å². The van der Waals surface area contributed by atoms with E-state index in [-0.39, 0.29) is 22.2 Å². The van der Waals surface area contributed by atoms with Gasteiger partial charge in [0, 0.05) is 17.6 Å². The molecule has 0 aliphatic heterocycles. The predicted molar refractivity (Wildman–Crippen MR) is 115 cm³/mol. The number of carbonyl (C=O) groups is 3. The molecule has 0 aromatic rings. The highest BCUT2D eigenvalue weighted by molar-refractivity contribution is 8.14. The van der Waals surface area contributed by atoms with Crippen LogP contribution in [0.4, 0.5) is 0 Å². The van der Waals surface area contributed by atoms with Gasteiger partial charge >= 0.3 is 5.97 Å². The van der Waals surface area contributed by atoms with E-state index in [0.29, 0.717) is 32.2 Å². The van der Waals surface area contributed by atoms with E-state index in [9.17, 15) is 19.5 Å². The number of nitrogens with one attached hydrogen (secondary N) is 1. The second kappa shape index (κ2) is 16.2. The monoisotopic (exact) mass is 420 g/mol. The first-order chi connectivity index (χ1) is 12.8. The van der Waals surface area contributed by atoms with E-state index < -0.39 is 12.0 Å². The highest BCUT2D eigenvalue weighted by Gasteiger charge is 2.20. The molecule has 2 unspecified atom stereocenters. The summed E-state index contributed by atoms with van der Waals surface area (Å²) in [5.74, 6) is -0.441. The van der Waals surface area contributed by atoms with E-state index in [1.807, 2.05) is 13.8 Å². The van der Waals surface area contributed by atoms with Crippen LogP contribution < -0.4 is 11.1 Å². The van der Waals surface area contributed by atoms with Gasteiger partial charge in [-0.3, -0.25) is 9.59 Å². The van der Waals surface area contributed by atoms with E-state index in [0.717, 1.165) is 37.9 Å². The van der Waals surface area contributed by atoms with E-state index in [4.69, 9.17) is 5.73 Å². The lowest BCUT2D eigenvalue weighted by Crippen LogP contribution is -2.40. The largest absolute Gasteiger partial charge is 0.480 e. The van der Waals surface area contributed by atoms with Crippen LogP contribution in [0, 0.1) is 5.92 Å². The van der Waals surface area contributed by atoms with Gasteiger partial charge in [0.1, 0.15) is 6.04 Å². The summed E-state index contributed by atoms with van der Waals surface area (Å²) in [6.07, 6.45) is 6.22. The number of aliphatic carboxylic acids is 1. The van der Waals surface area contributed by atoms with Gasteiger partial charge in [0.2, 0.25) is 5.91 Å². The van der Waals surface area contributed by atoms with Gasteiger partial charge in [-0.2, -0.15) is 12.6 Å². The average molecular weight is 421 g/mol. The number of carbonyl (C=O) groups excluding carboxylic acids is 2. The van der Waals surface area contributed by atoms with Crippen molar-refractivity contribution in [3.05, 3.63) is 0 Å². The molecule has 3 atom stereocenters. The summed E-state index contributed by atoms with van der Waals surface area (Å²) in [5, 5.41) is 12.2. The number of amides is 1. The predicted octanol–water partition coefficient (Wildman–Crippen LogP) is 3.24. The van der Waals surface area contributed by atoms with Gasteiger partial charge in [-0.1, -0.05) is 32.0 Å². The summed E-state index contributed by atoms with van der Waals surface area (Å²) in [5.41, 5.74) is 5.41. The van der Waals surface area contributed by atoms with Crippen LogP contribution in [0.5, 0.6) is 0 Å². The Morgan fingerprint density at radius 2 is 1.78 bits per heavy atom. The lowest BCUT2D eigenvalue weighted by Gasteiger charge is -2.17. The molecule has 0 spiro atoms. The first-order valence-electron chi connectivity index (χ1n) is 9.89. The van der Waals surface area contributed by atoms with Crippen molar-refractivity contribution < 1.29 is 19.5 Å². The van der Waals surface area contributed by atoms with Crippen LogP contribution in [0.3, 0.4) is 0 Å². The molecule has 0 bridgehead atoms. The maximum Gasteiger partial charge on any atom is 0.326 e. The van der Waals surface area contributed by atoms with Crippen LogP contribution >= 0.6 is 24.4 Å². The molecular formula is C19H36N2O4S2. The SMILES string of the molecule is CCC(C)C(=O)SC(CCS)CCCCC(=O)N[C@@H](CCCCN)C(=O)O. The lowest BCUT2D eigenvalue weighted by atomic mass is 10.1. The van der Waals surface area contributed by atoms with Crippen LogP contribution in [-0.2, 0) is 14.4 Å². The smallest absolute Gasteiger partial charge is 0.326 e. The number of thioether (sulfide) groups is 1. The van der Waals surface area contributed by atoms with Crippen molar-refractivity contribution in [3.63, 3.8) is 0 Å². The number of carboxylic acid groups (broad SMARTS) is 1. The molecule has 1 amide bonds. The number of unbranched alkanes of at least 4 members (excludes halogenated alkanes) is 2. The van der Waals surface area contributed by atoms with Crippen molar-refractivity contribution >= 4 is 41.4 Å². The van der Waals surface area contributed by atoms with Gasteiger partial charge in [0.05, 0.1) is 0 Å². The fourth-order valence-electron chi connectivity index (χ4n) is 2.53. The zero-order chi connectivity index (χ0) is 20.7. The first kappa shape index (κ1) is 26.3. The molecule has 0 saturated carbocycles. The van der Waals surface area contributed by atoms with Crippen molar-refractivity contribution in [1.29, 1.82) is 0 Å². The summed E-state index contributed by atoms with van der Waals surface area (Å²) in [6, 6.07) is -0.843. The Morgan fingerprint density at radius 1 is 1.11 bits per heavy atom. The zero-order valence-electron chi connectivity index (χ0n) is 16.6. The minimum Gasteiger partial charge on any atom is -0.480 e. The van der Waals surface area contributed by atoms with E-state index in [1.54, 1.807) is 0 Å². The van der Waals surface area contributed by atoms with Gasteiger partial charge in [0.25, 0.3) is 0 Å². The van der Waals surface area contributed by atoms with Crippen LogP contribution in [0.25, 0.3) is 0 Å². The molecule has 0 aliphatic carbocycles. The number of thiol groups is 1. The maximum atomic E-state index is 12.1. The third-order valence-electron chi connectivity index (χ3n) is 4.51. The Hall–Kier alpha value is -0.730. The van der Waals surface area contributed by atoms with Gasteiger partial charge in [-0.25, -0.2) is 4.79 Å². The standard InChI is InChI=1S/C19H36N2O4S2/c1-3-14(2)19(25)27-15(11-13-26)8-4-5-10-17(22)21-16(18(23)24)9-6-7-12-20/h14-16,26H,3-13,20H2,1-2H3,(H,21,22)(H,23,24)/t14?,15?,16-/m0/s1. The Kier molecular flexibility index (Phi) is 15.8. The molecule has 0 radical (unpaired) electrons. The molecule has 0 aromatic heterocycles. The second-order valence-corrected chi connectivity index (χ2v) is 8.62. The van der Waals surface area contributed by atoms with Gasteiger partial charge in [-0.15, -0.1) is 0 Å². The fourth-order valence-corrected chi connectivity index (χ4v) is 4.26. The molecule has 0 saturated heterocycles. The van der Waals surface area contributed by atoms with Crippen LogP contribution in [0.2, 0.25) is 0 Å². The lowest BCUT2D eigenvalue weighted by molar-refractivity contribution is -0.142. The highest BCUT2D eigenvalue weighted by Crippen LogP contribution is 2.26. The zero-order valence-corrected chi connectivity index (χ0v) is 18.3. The van der Waals surface area contributed by atoms with Crippen molar-refractivity contribution in [3.8, 4) is 0 Å². The van der Waals surface area contributed by atoms with E-state index in [1.165, 1.54) is 11.8 Å². The van der Waals surface area contributed by atoms with Gasteiger partial charge < -0.3 is 16.2 Å². The summed E-state index contributed by atoms with van der Waals surface area (Å²) in [4.78, 5) is 35.3. The van der Waals surface area contributed by atoms with Gasteiger partial charge in [0.15, 0.2) is 5.12 Å². The first-order valence-corrected chi connectivity index (χ1v) is 11.4. The number of hydrogen-bond donors (Lipinski definition) is 4. The summed E-state index contributed by atoms with van der Waals surface area (Å²) < 4.78 is 0. The second-order valence-electron chi connectivity index (χ2n) is 6.87. The van der Waals surface area contributed by atoms with Crippen molar-refractivity contribution in [2.45, 2.75) is 82.9 Å². The Balaban J connectivity index is 4.20. The van der Waals surface area contributed by atoms with Crippen molar-refractivity contribution in [2.24, 2.45) is 11.7 Å². The molecule has 0 heterocycles. The number of nitrogens with two attached hydrogens (primary N) is 1. The number of carboxylic acids is 1. The minimum absolute atomic E-state index is 0.0652.